The molecule has 1 aromatic heterocycles. The van der Waals surface area contributed by atoms with Crippen molar-refractivity contribution in [3.05, 3.63) is 18.2 Å². The lowest BCUT2D eigenvalue weighted by atomic mass is 9.93. The zero-order chi connectivity index (χ0) is 13.2. The number of hydrogen-bond donors (Lipinski definition) is 1. The van der Waals surface area contributed by atoms with Crippen molar-refractivity contribution in [2.45, 2.75) is 51.7 Å². The van der Waals surface area contributed by atoms with Gasteiger partial charge in [-0.3, -0.25) is 9.69 Å². The highest BCUT2D eigenvalue weighted by atomic mass is 16.4. The minimum Gasteiger partial charge on any atom is -0.480 e. The molecule has 1 unspecified atom stereocenters. The summed E-state index contributed by atoms with van der Waals surface area (Å²) in [6.07, 6.45) is 6.07. The van der Waals surface area contributed by atoms with E-state index in [-0.39, 0.29) is 0 Å². The monoisotopic (exact) mass is 251 g/mol. The van der Waals surface area contributed by atoms with Crippen molar-refractivity contribution in [2.75, 3.05) is 6.54 Å². The van der Waals surface area contributed by atoms with E-state index in [9.17, 15) is 9.90 Å². The van der Waals surface area contributed by atoms with E-state index < -0.39 is 11.5 Å². The van der Waals surface area contributed by atoms with Crippen LogP contribution < -0.4 is 0 Å². The number of carboxylic acid groups (broad SMARTS) is 1. The van der Waals surface area contributed by atoms with Crippen LogP contribution >= 0.6 is 0 Å². The Morgan fingerprint density at radius 2 is 2.33 bits per heavy atom. The molecule has 2 heterocycles. The van der Waals surface area contributed by atoms with E-state index in [0.717, 1.165) is 31.8 Å². The normalized spacial score (nSPS) is 24.6. The van der Waals surface area contributed by atoms with Gasteiger partial charge in [0.15, 0.2) is 0 Å². The number of hydrogen-bond acceptors (Lipinski definition) is 3. The van der Waals surface area contributed by atoms with E-state index in [0.29, 0.717) is 13.0 Å². The van der Waals surface area contributed by atoms with Crippen LogP contribution in [0.25, 0.3) is 0 Å². The molecule has 1 atom stereocenters. The summed E-state index contributed by atoms with van der Waals surface area (Å²) in [4.78, 5) is 18.0. The van der Waals surface area contributed by atoms with Gasteiger partial charge in [0, 0.05) is 18.9 Å². The molecule has 0 aliphatic carbocycles. The molecule has 0 spiro atoms. The van der Waals surface area contributed by atoms with Crippen molar-refractivity contribution >= 4 is 5.97 Å². The van der Waals surface area contributed by atoms with Gasteiger partial charge in [-0.15, -0.1) is 0 Å². The molecular formula is C13H21N3O2. The fraction of sp³-hybridized carbons (Fsp3) is 0.692. The zero-order valence-corrected chi connectivity index (χ0v) is 11.1. The molecule has 18 heavy (non-hydrogen) atoms. The smallest absolute Gasteiger partial charge is 0.324 e. The van der Waals surface area contributed by atoms with Gasteiger partial charge in [0.25, 0.3) is 0 Å². The van der Waals surface area contributed by atoms with Gasteiger partial charge >= 0.3 is 5.97 Å². The molecular weight excluding hydrogens is 230 g/mol. The Bertz CT molecular complexity index is 430. The minimum absolute atomic E-state index is 0.626. The Balaban J connectivity index is 2.20. The molecule has 5 heteroatoms. The van der Waals surface area contributed by atoms with Gasteiger partial charge in [0.05, 0.1) is 6.54 Å². The average molecular weight is 251 g/mol. The van der Waals surface area contributed by atoms with Crippen molar-refractivity contribution in [1.29, 1.82) is 0 Å². The summed E-state index contributed by atoms with van der Waals surface area (Å²) in [5.41, 5.74) is -0.690. The first-order valence-electron chi connectivity index (χ1n) is 6.62. The molecule has 1 saturated heterocycles. The van der Waals surface area contributed by atoms with Gasteiger partial charge in [0.2, 0.25) is 0 Å². The molecule has 2 rings (SSSR count). The number of rotatable bonds is 5. The molecule has 5 nitrogen and oxygen atoms in total. The second-order valence-corrected chi connectivity index (χ2v) is 4.84. The minimum atomic E-state index is -0.697. The van der Waals surface area contributed by atoms with Crippen LogP contribution in [-0.2, 0) is 17.9 Å². The maximum absolute atomic E-state index is 11.6. The van der Waals surface area contributed by atoms with Crippen LogP contribution in [0.5, 0.6) is 0 Å². The highest BCUT2D eigenvalue weighted by Gasteiger charge is 2.46. The second kappa shape index (κ2) is 5.10. The predicted molar refractivity (Wildman–Crippen MR) is 68.2 cm³/mol. The summed E-state index contributed by atoms with van der Waals surface area (Å²) in [7, 11) is 0. The maximum atomic E-state index is 11.6. The molecule has 1 fully saturated rings. The van der Waals surface area contributed by atoms with Crippen LogP contribution in [0, 0.1) is 0 Å². The fourth-order valence-corrected chi connectivity index (χ4v) is 2.91. The molecule has 0 saturated carbocycles. The Hall–Kier alpha value is -1.36. The molecule has 1 aliphatic rings. The largest absolute Gasteiger partial charge is 0.480 e. The van der Waals surface area contributed by atoms with Gasteiger partial charge in [0.1, 0.15) is 11.4 Å². The Kier molecular flexibility index (Phi) is 3.71. The first-order valence-corrected chi connectivity index (χ1v) is 6.62. The highest BCUT2D eigenvalue weighted by molar-refractivity contribution is 5.79. The van der Waals surface area contributed by atoms with E-state index in [1.807, 2.05) is 13.1 Å². The van der Waals surface area contributed by atoms with Gasteiger partial charge < -0.3 is 9.67 Å². The molecule has 1 aliphatic heterocycles. The highest BCUT2D eigenvalue weighted by Crippen LogP contribution is 2.33. The van der Waals surface area contributed by atoms with Gasteiger partial charge in [-0.2, -0.15) is 0 Å². The third kappa shape index (κ3) is 2.03. The van der Waals surface area contributed by atoms with Crippen molar-refractivity contribution < 1.29 is 9.90 Å². The average Bonchev–Trinajstić information content (AvgIpc) is 2.96. The SMILES string of the molecule is CCn1ccnc1CN1CCCC1(CC)C(=O)O. The second-order valence-electron chi connectivity index (χ2n) is 4.84. The lowest BCUT2D eigenvalue weighted by molar-refractivity contribution is -0.150. The molecule has 0 aromatic carbocycles. The van der Waals surface area contributed by atoms with Crippen molar-refractivity contribution in [2.24, 2.45) is 0 Å². The summed E-state index contributed by atoms with van der Waals surface area (Å²) in [6, 6.07) is 0. The Morgan fingerprint density at radius 3 is 2.94 bits per heavy atom. The first kappa shape index (κ1) is 13.1. The van der Waals surface area contributed by atoms with Crippen LogP contribution in [0.1, 0.15) is 38.9 Å². The lowest BCUT2D eigenvalue weighted by Gasteiger charge is -2.33. The lowest BCUT2D eigenvalue weighted by Crippen LogP contribution is -2.49. The number of aromatic nitrogens is 2. The zero-order valence-electron chi connectivity index (χ0n) is 11.1. The van der Waals surface area contributed by atoms with Crippen LogP contribution in [0.15, 0.2) is 12.4 Å². The molecule has 0 radical (unpaired) electrons. The molecule has 100 valence electrons. The van der Waals surface area contributed by atoms with Crippen molar-refractivity contribution in [1.82, 2.24) is 14.5 Å². The summed E-state index contributed by atoms with van der Waals surface area (Å²) in [5.74, 6) is 0.260. The molecule has 0 bridgehead atoms. The quantitative estimate of drug-likeness (QED) is 0.866. The third-order valence-electron chi connectivity index (χ3n) is 4.08. The Morgan fingerprint density at radius 1 is 1.56 bits per heavy atom. The van der Waals surface area contributed by atoms with Crippen molar-refractivity contribution in [3.8, 4) is 0 Å². The standard InChI is InChI=1S/C13H21N3O2/c1-3-13(12(17)18)6-5-8-16(13)10-11-14-7-9-15(11)4-2/h7,9H,3-6,8,10H2,1-2H3,(H,17,18). The van der Waals surface area contributed by atoms with E-state index in [4.69, 9.17) is 0 Å². The fourth-order valence-electron chi connectivity index (χ4n) is 2.91. The van der Waals surface area contributed by atoms with E-state index in [2.05, 4.69) is 21.4 Å². The van der Waals surface area contributed by atoms with Crippen LogP contribution in [0.4, 0.5) is 0 Å². The summed E-state index contributed by atoms with van der Waals surface area (Å²) >= 11 is 0. The molecule has 1 N–H and O–H groups in total. The number of carboxylic acids is 1. The van der Waals surface area contributed by atoms with E-state index in [1.54, 1.807) is 6.20 Å². The first-order chi connectivity index (χ1) is 8.64. The van der Waals surface area contributed by atoms with Gasteiger partial charge in [-0.25, -0.2) is 4.98 Å². The molecule has 1 aromatic rings. The predicted octanol–water partition coefficient (Wildman–Crippen LogP) is 1.73. The molecule has 0 amide bonds. The number of aryl methyl sites for hydroxylation is 1. The summed E-state index contributed by atoms with van der Waals surface area (Å²) in [6.45, 7) is 6.37. The third-order valence-corrected chi connectivity index (χ3v) is 4.08. The summed E-state index contributed by atoms with van der Waals surface area (Å²) in [5, 5.41) is 9.52. The number of nitrogens with zero attached hydrogens (tertiary/aromatic N) is 3. The Labute approximate surface area is 107 Å². The summed E-state index contributed by atoms with van der Waals surface area (Å²) < 4.78 is 2.07. The maximum Gasteiger partial charge on any atom is 0.324 e. The number of likely N-dealkylation sites (tertiary alicyclic amines) is 1. The van der Waals surface area contributed by atoms with Crippen LogP contribution in [0.3, 0.4) is 0 Å². The van der Waals surface area contributed by atoms with Crippen molar-refractivity contribution in [3.63, 3.8) is 0 Å². The van der Waals surface area contributed by atoms with Crippen LogP contribution in [-0.4, -0.2) is 37.6 Å². The van der Waals surface area contributed by atoms with Crippen LogP contribution in [0.2, 0.25) is 0 Å². The number of imidazole rings is 1. The van der Waals surface area contributed by atoms with E-state index >= 15 is 0 Å². The topological polar surface area (TPSA) is 58.4 Å². The van der Waals surface area contributed by atoms with Gasteiger partial charge in [-0.1, -0.05) is 6.92 Å². The number of carbonyl (C=O) groups is 1. The van der Waals surface area contributed by atoms with Gasteiger partial charge in [-0.05, 0) is 32.7 Å². The number of aliphatic carboxylic acids is 1. The van der Waals surface area contributed by atoms with E-state index in [1.165, 1.54) is 0 Å².